The SMILES string of the molecule is Cc1cccc(C)c1NC(=O)c1ccc2c(c1)CCNC2. The smallest absolute Gasteiger partial charge is 0.255 e. The van der Waals surface area contributed by atoms with Gasteiger partial charge in [-0.25, -0.2) is 0 Å². The molecule has 0 bridgehead atoms. The third-order valence-corrected chi connectivity index (χ3v) is 4.07. The van der Waals surface area contributed by atoms with E-state index in [2.05, 4.69) is 16.7 Å². The fourth-order valence-corrected chi connectivity index (χ4v) is 2.82. The number of fused-ring (bicyclic) bond motifs is 1. The number of amides is 1. The van der Waals surface area contributed by atoms with Crippen LogP contribution in [-0.2, 0) is 13.0 Å². The summed E-state index contributed by atoms with van der Waals surface area (Å²) in [6.45, 7) is 5.91. The molecule has 108 valence electrons. The van der Waals surface area contributed by atoms with Crippen LogP contribution in [0.25, 0.3) is 0 Å². The molecule has 0 aliphatic carbocycles. The van der Waals surface area contributed by atoms with Gasteiger partial charge in [-0.3, -0.25) is 4.79 Å². The molecular formula is C18H20N2O. The normalized spacial score (nSPS) is 13.6. The zero-order chi connectivity index (χ0) is 14.8. The van der Waals surface area contributed by atoms with E-state index in [-0.39, 0.29) is 5.91 Å². The highest BCUT2D eigenvalue weighted by Crippen LogP contribution is 2.21. The summed E-state index contributed by atoms with van der Waals surface area (Å²) in [4.78, 5) is 12.5. The molecule has 1 heterocycles. The molecule has 21 heavy (non-hydrogen) atoms. The average Bonchev–Trinajstić information content (AvgIpc) is 2.50. The van der Waals surface area contributed by atoms with Crippen molar-refractivity contribution >= 4 is 11.6 Å². The Hall–Kier alpha value is -2.13. The fourth-order valence-electron chi connectivity index (χ4n) is 2.82. The van der Waals surface area contributed by atoms with Gasteiger partial charge in [-0.1, -0.05) is 24.3 Å². The second kappa shape index (κ2) is 5.70. The van der Waals surface area contributed by atoms with Gasteiger partial charge in [-0.15, -0.1) is 0 Å². The molecule has 0 atom stereocenters. The Kier molecular flexibility index (Phi) is 3.76. The van der Waals surface area contributed by atoms with Gasteiger partial charge in [-0.2, -0.15) is 0 Å². The topological polar surface area (TPSA) is 41.1 Å². The summed E-state index contributed by atoms with van der Waals surface area (Å²) >= 11 is 0. The lowest BCUT2D eigenvalue weighted by Crippen LogP contribution is -2.24. The molecular weight excluding hydrogens is 260 g/mol. The van der Waals surface area contributed by atoms with Crippen molar-refractivity contribution < 1.29 is 4.79 Å². The van der Waals surface area contributed by atoms with E-state index in [1.54, 1.807) is 0 Å². The van der Waals surface area contributed by atoms with Crippen molar-refractivity contribution in [2.75, 3.05) is 11.9 Å². The molecule has 1 amide bonds. The maximum Gasteiger partial charge on any atom is 0.255 e. The zero-order valence-electron chi connectivity index (χ0n) is 12.5. The lowest BCUT2D eigenvalue weighted by molar-refractivity contribution is 0.102. The highest BCUT2D eigenvalue weighted by atomic mass is 16.1. The molecule has 2 aromatic rings. The predicted molar refractivity (Wildman–Crippen MR) is 85.7 cm³/mol. The molecule has 2 N–H and O–H groups in total. The third kappa shape index (κ3) is 2.83. The minimum Gasteiger partial charge on any atom is -0.322 e. The second-order valence-corrected chi connectivity index (χ2v) is 5.63. The van der Waals surface area contributed by atoms with E-state index in [4.69, 9.17) is 0 Å². The van der Waals surface area contributed by atoms with E-state index in [0.29, 0.717) is 0 Å². The van der Waals surface area contributed by atoms with Gasteiger partial charge in [0.2, 0.25) is 0 Å². The van der Waals surface area contributed by atoms with Crippen LogP contribution in [0, 0.1) is 13.8 Å². The molecule has 0 fully saturated rings. The first-order valence-electron chi connectivity index (χ1n) is 7.35. The summed E-state index contributed by atoms with van der Waals surface area (Å²) in [5.41, 5.74) is 6.41. The van der Waals surface area contributed by atoms with E-state index in [0.717, 1.165) is 41.9 Å². The van der Waals surface area contributed by atoms with Crippen LogP contribution in [0.1, 0.15) is 32.6 Å². The van der Waals surface area contributed by atoms with Gasteiger partial charge in [0, 0.05) is 17.8 Å². The molecule has 1 aliphatic rings. The molecule has 3 heteroatoms. The first kappa shape index (κ1) is 13.8. The summed E-state index contributed by atoms with van der Waals surface area (Å²) in [5, 5.41) is 6.39. The number of para-hydroxylation sites is 1. The molecule has 0 saturated heterocycles. The van der Waals surface area contributed by atoms with Crippen LogP contribution >= 0.6 is 0 Å². The van der Waals surface area contributed by atoms with Crippen molar-refractivity contribution in [1.29, 1.82) is 0 Å². The first-order valence-corrected chi connectivity index (χ1v) is 7.35. The quantitative estimate of drug-likeness (QED) is 0.887. The van der Waals surface area contributed by atoms with Crippen LogP contribution in [0.3, 0.4) is 0 Å². The van der Waals surface area contributed by atoms with Crippen molar-refractivity contribution in [3.8, 4) is 0 Å². The molecule has 3 rings (SSSR count). The molecule has 0 saturated carbocycles. The molecule has 0 unspecified atom stereocenters. The standard InChI is InChI=1S/C18H20N2O/c1-12-4-3-5-13(2)17(12)20-18(21)15-6-7-16-11-19-9-8-14(16)10-15/h3-7,10,19H,8-9,11H2,1-2H3,(H,20,21). The predicted octanol–water partition coefficient (Wildman–Crippen LogP) is 3.20. The molecule has 1 aliphatic heterocycles. The average molecular weight is 280 g/mol. The van der Waals surface area contributed by atoms with Crippen molar-refractivity contribution in [2.24, 2.45) is 0 Å². The van der Waals surface area contributed by atoms with Crippen molar-refractivity contribution in [1.82, 2.24) is 5.32 Å². The summed E-state index contributed by atoms with van der Waals surface area (Å²) in [5.74, 6) is -0.0336. The van der Waals surface area contributed by atoms with Gasteiger partial charge in [0.25, 0.3) is 5.91 Å². The van der Waals surface area contributed by atoms with Crippen molar-refractivity contribution in [3.63, 3.8) is 0 Å². The number of hydrogen-bond donors (Lipinski definition) is 2. The number of benzene rings is 2. The van der Waals surface area contributed by atoms with Crippen molar-refractivity contribution in [2.45, 2.75) is 26.8 Å². The summed E-state index contributed by atoms with van der Waals surface area (Å²) < 4.78 is 0. The van der Waals surface area contributed by atoms with E-state index in [1.807, 2.05) is 44.2 Å². The maximum atomic E-state index is 12.5. The number of nitrogens with one attached hydrogen (secondary N) is 2. The van der Waals surface area contributed by atoms with Crippen LogP contribution in [0.5, 0.6) is 0 Å². The summed E-state index contributed by atoms with van der Waals surface area (Å²) in [6, 6.07) is 12.0. The number of aryl methyl sites for hydroxylation is 2. The summed E-state index contributed by atoms with van der Waals surface area (Å²) in [7, 11) is 0. The Morgan fingerprint density at radius 3 is 2.62 bits per heavy atom. The van der Waals surface area contributed by atoms with Crippen LogP contribution in [-0.4, -0.2) is 12.5 Å². The Morgan fingerprint density at radius 2 is 1.86 bits per heavy atom. The van der Waals surface area contributed by atoms with Crippen LogP contribution in [0.4, 0.5) is 5.69 Å². The molecule has 2 aromatic carbocycles. The third-order valence-electron chi connectivity index (χ3n) is 4.07. The maximum absolute atomic E-state index is 12.5. The molecule has 3 nitrogen and oxygen atoms in total. The molecule has 0 radical (unpaired) electrons. The Balaban J connectivity index is 1.86. The Morgan fingerprint density at radius 1 is 1.10 bits per heavy atom. The number of anilines is 1. The summed E-state index contributed by atoms with van der Waals surface area (Å²) in [6.07, 6.45) is 0.986. The lowest BCUT2D eigenvalue weighted by Gasteiger charge is -2.18. The van der Waals surface area contributed by atoms with E-state index < -0.39 is 0 Å². The lowest BCUT2D eigenvalue weighted by atomic mass is 9.98. The second-order valence-electron chi connectivity index (χ2n) is 5.63. The van der Waals surface area contributed by atoms with Gasteiger partial charge in [0.1, 0.15) is 0 Å². The van der Waals surface area contributed by atoms with E-state index >= 15 is 0 Å². The highest BCUT2D eigenvalue weighted by Gasteiger charge is 2.13. The van der Waals surface area contributed by atoms with Crippen molar-refractivity contribution in [3.05, 3.63) is 64.2 Å². The highest BCUT2D eigenvalue weighted by molar-refractivity contribution is 6.05. The first-order chi connectivity index (χ1) is 10.1. The Labute approximate surface area is 125 Å². The largest absolute Gasteiger partial charge is 0.322 e. The van der Waals surface area contributed by atoms with E-state index in [9.17, 15) is 4.79 Å². The number of rotatable bonds is 2. The van der Waals surface area contributed by atoms with Gasteiger partial charge in [0.15, 0.2) is 0 Å². The van der Waals surface area contributed by atoms with Crippen LogP contribution in [0.15, 0.2) is 36.4 Å². The number of carbonyl (C=O) groups excluding carboxylic acids is 1. The van der Waals surface area contributed by atoms with Gasteiger partial charge >= 0.3 is 0 Å². The fraction of sp³-hybridized carbons (Fsp3) is 0.278. The monoisotopic (exact) mass is 280 g/mol. The minimum absolute atomic E-state index is 0.0336. The number of carbonyl (C=O) groups is 1. The minimum atomic E-state index is -0.0336. The number of hydrogen-bond acceptors (Lipinski definition) is 2. The van der Waals surface area contributed by atoms with Gasteiger partial charge in [0.05, 0.1) is 0 Å². The zero-order valence-corrected chi connectivity index (χ0v) is 12.5. The van der Waals surface area contributed by atoms with Gasteiger partial charge in [-0.05, 0) is 61.2 Å². The Bertz CT molecular complexity index is 671. The molecule has 0 aromatic heterocycles. The van der Waals surface area contributed by atoms with E-state index in [1.165, 1.54) is 11.1 Å². The molecule has 0 spiro atoms. The van der Waals surface area contributed by atoms with Crippen LogP contribution in [0.2, 0.25) is 0 Å². The van der Waals surface area contributed by atoms with Crippen LogP contribution < -0.4 is 10.6 Å². The van der Waals surface area contributed by atoms with Gasteiger partial charge < -0.3 is 10.6 Å².